The third kappa shape index (κ3) is 3.67. The first-order chi connectivity index (χ1) is 11.2. The third-order valence-electron chi connectivity index (χ3n) is 3.82. The van der Waals surface area contributed by atoms with Gasteiger partial charge in [0.05, 0.1) is 0 Å². The summed E-state index contributed by atoms with van der Waals surface area (Å²) in [6, 6.07) is 28.0. The fraction of sp³-hybridized carbons (Fsp3) is 0.0952. The van der Waals surface area contributed by atoms with Gasteiger partial charge in [0.25, 0.3) is 5.91 Å². The summed E-state index contributed by atoms with van der Waals surface area (Å²) in [5.41, 5.74) is 4.20. The topological polar surface area (TPSA) is 20.3 Å². The molecule has 3 aromatic carbocycles. The van der Waals surface area contributed by atoms with Crippen molar-refractivity contribution < 1.29 is 4.79 Å². The van der Waals surface area contributed by atoms with Crippen LogP contribution in [-0.2, 0) is 6.54 Å². The van der Waals surface area contributed by atoms with Crippen LogP contribution in [0.15, 0.2) is 84.9 Å². The van der Waals surface area contributed by atoms with Gasteiger partial charge in [0.1, 0.15) is 0 Å². The molecule has 0 fully saturated rings. The van der Waals surface area contributed by atoms with Crippen LogP contribution < -0.4 is 0 Å². The predicted molar refractivity (Wildman–Crippen MR) is 94.1 cm³/mol. The molecule has 0 aromatic heterocycles. The van der Waals surface area contributed by atoms with E-state index in [1.165, 1.54) is 11.1 Å². The maximum Gasteiger partial charge on any atom is 0.253 e. The highest BCUT2D eigenvalue weighted by Crippen LogP contribution is 2.20. The summed E-state index contributed by atoms with van der Waals surface area (Å²) in [7, 11) is 1.84. The zero-order chi connectivity index (χ0) is 16.1. The summed E-state index contributed by atoms with van der Waals surface area (Å²) < 4.78 is 0. The smallest absolute Gasteiger partial charge is 0.253 e. The molecule has 2 heteroatoms. The van der Waals surface area contributed by atoms with E-state index in [9.17, 15) is 4.79 Å². The molecule has 0 spiro atoms. The minimum atomic E-state index is 0.0377. The lowest BCUT2D eigenvalue weighted by Crippen LogP contribution is -2.26. The molecule has 2 nitrogen and oxygen atoms in total. The summed E-state index contributed by atoms with van der Waals surface area (Å²) in [5, 5.41) is 0. The van der Waals surface area contributed by atoms with Crippen molar-refractivity contribution in [3.63, 3.8) is 0 Å². The van der Waals surface area contributed by atoms with Crippen molar-refractivity contribution >= 4 is 5.91 Å². The monoisotopic (exact) mass is 301 g/mol. The van der Waals surface area contributed by atoms with E-state index >= 15 is 0 Å². The van der Waals surface area contributed by atoms with E-state index in [1.54, 1.807) is 4.90 Å². The number of hydrogen-bond acceptors (Lipinski definition) is 1. The van der Waals surface area contributed by atoms with Crippen molar-refractivity contribution in [2.75, 3.05) is 7.05 Å². The van der Waals surface area contributed by atoms with Crippen molar-refractivity contribution in [2.45, 2.75) is 6.54 Å². The lowest BCUT2D eigenvalue weighted by atomic mass is 10.0. The van der Waals surface area contributed by atoms with Crippen LogP contribution in [0.2, 0.25) is 0 Å². The van der Waals surface area contributed by atoms with Gasteiger partial charge in [-0.05, 0) is 34.9 Å². The Morgan fingerprint density at radius 2 is 1.39 bits per heavy atom. The van der Waals surface area contributed by atoms with E-state index in [0.717, 1.165) is 5.56 Å². The van der Waals surface area contributed by atoms with Crippen molar-refractivity contribution in [3.05, 3.63) is 96.1 Å². The normalized spacial score (nSPS) is 10.3. The third-order valence-corrected chi connectivity index (χ3v) is 3.82. The fourth-order valence-corrected chi connectivity index (χ4v) is 2.63. The van der Waals surface area contributed by atoms with E-state index in [-0.39, 0.29) is 5.91 Å². The molecule has 114 valence electrons. The Hall–Kier alpha value is -2.87. The summed E-state index contributed by atoms with van der Waals surface area (Å²) in [6.07, 6.45) is 0. The second kappa shape index (κ2) is 6.93. The molecule has 3 aromatic rings. The second-order valence-electron chi connectivity index (χ2n) is 5.59. The first-order valence-corrected chi connectivity index (χ1v) is 7.69. The lowest BCUT2D eigenvalue weighted by Gasteiger charge is -2.18. The molecule has 0 aliphatic heterocycles. The van der Waals surface area contributed by atoms with E-state index in [0.29, 0.717) is 12.1 Å². The molecule has 23 heavy (non-hydrogen) atoms. The second-order valence-corrected chi connectivity index (χ2v) is 5.59. The van der Waals surface area contributed by atoms with Gasteiger partial charge in [-0.25, -0.2) is 0 Å². The van der Waals surface area contributed by atoms with Gasteiger partial charge in [-0.2, -0.15) is 0 Å². The van der Waals surface area contributed by atoms with Gasteiger partial charge in [-0.3, -0.25) is 4.79 Å². The Morgan fingerprint density at radius 3 is 2.09 bits per heavy atom. The van der Waals surface area contributed by atoms with Crippen LogP contribution in [-0.4, -0.2) is 17.9 Å². The maximum atomic E-state index is 12.4. The number of carbonyl (C=O) groups is 1. The van der Waals surface area contributed by atoms with Crippen molar-refractivity contribution in [2.24, 2.45) is 0 Å². The van der Waals surface area contributed by atoms with Gasteiger partial charge in [0, 0.05) is 19.2 Å². The molecule has 0 atom stereocenters. The standard InChI is InChI=1S/C21H19NO/c1-22(21(23)19-12-6-3-7-13-19)16-17-9-8-14-20(15-17)18-10-4-2-5-11-18/h2-15H,16H2,1H3. The highest BCUT2D eigenvalue weighted by Gasteiger charge is 2.11. The van der Waals surface area contributed by atoms with Gasteiger partial charge in [0.2, 0.25) is 0 Å². The molecule has 0 N–H and O–H groups in total. The van der Waals surface area contributed by atoms with Crippen LogP contribution >= 0.6 is 0 Å². The van der Waals surface area contributed by atoms with Gasteiger partial charge in [-0.1, -0.05) is 66.7 Å². The molecule has 1 amide bonds. The number of benzene rings is 3. The Morgan fingerprint density at radius 1 is 0.783 bits per heavy atom. The van der Waals surface area contributed by atoms with Crippen molar-refractivity contribution in [3.8, 4) is 11.1 Å². The first-order valence-electron chi connectivity index (χ1n) is 7.69. The fourth-order valence-electron chi connectivity index (χ4n) is 2.63. The Bertz CT molecular complexity index is 781. The molecule has 3 rings (SSSR count). The van der Waals surface area contributed by atoms with E-state index in [1.807, 2.05) is 61.6 Å². The van der Waals surface area contributed by atoms with Gasteiger partial charge < -0.3 is 4.90 Å². The average Bonchev–Trinajstić information content (AvgIpc) is 2.63. The molecule has 0 bridgehead atoms. The predicted octanol–water partition coefficient (Wildman–Crippen LogP) is 4.63. The van der Waals surface area contributed by atoms with Crippen molar-refractivity contribution in [1.82, 2.24) is 4.90 Å². The van der Waals surface area contributed by atoms with Crippen molar-refractivity contribution in [1.29, 1.82) is 0 Å². The largest absolute Gasteiger partial charge is 0.337 e. The zero-order valence-electron chi connectivity index (χ0n) is 13.1. The summed E-state index contributed by atoms with van der Waals surface area (Å²) >= 11 is 0. The minimum absolute atomic E-state index is 0.0377. The van der Waals surface area contributed by atoms with Gasteiger partial charge >= 0.3 is 0 Å². The quantitative estimate of drug-likeness (QED) is 0.688. The maximum absolute atomic E-state index is 12.4. The summed E-state index contributed by atoms with van der Waals surface area (Å²) in [4.78, 5) is 14.2. The molecular weight excluding hydrogens is 282 g/mol. The number of hydrogen-bond donors (Lipinski definition) is 0. The highest BCUT2D eigenvalue weighted by molar-refractivity contribution is 5.93. The molecule has 0 aliphatic rings. The van der Waals surface area contributed by atoms with Crippen LogP contribution in [0.25, 0.3) is 11.1 Å². The summed E-state index contributed by atoms with van der Waals surface area (Å²) in [6.45, 7) is 0.592. The molecule has 0 unspecified atom stereocenters. The van der Waals surface area contributed by atoms with Crippen LogP contribution in [0.4, 0.5) is 0 Å². The Balaban J connectivity index is 1.77. The van der Waals surface area contributed by atoms with Crippen LogP contribution in [0.3, 0.4) is 0 Å². The molecular formula is C21H19NO. The number of carbonyl (C=O) groups excluding carboxylic acids is 1. The molecule has 0 saturated heterocycles. The number of nitrogens with zero attached hydrogens (tertiary/aromatic N) is 1. The van der Waals surface area contributed by atoms with Gasteiger partial charge in [-0.15, -0.1) is 0 Å². The Kier molecular flexibility index (Phi) is 4.53. The molecule has 0 radical (unpaired) electrons. The molecule has 0 saturated carbocycles. The Labute approximate surface area is 137 Å². The average molecular weight is 301 g/mol. The van der Waals surface area contributed by atoms with E-state index < -0.39 is 0 Å². The molecule has 0 aliphatic carbocycles. The zero-order valence-corrected chi connectivity index (χ0v) is 13.1. The number of amides is 1. The van der Waals surface area contributed by atoms with E-state index in [2.05, 4.69) is 30.3 Å². The minimum Gasteiger partial charge on any atom is -0.337 e. The van der Waals surface area contributed by atoms with Gasteiger partial charge in [0.15, 0.2) is 0 Å². The number of rotatable bonds is 4. The highest BCUT2D eigenvalue weighted by atomic mass is 16.2. The van der Waals surface area contributed by atoms with Crippen LogP contribution in [0, 0.1) is 0 Å². The molecule has 0 heterocycles. The van der Waals surface area contributed by atoms with Crippen LogP contribution in [0.1, 0.15) is 15.9 Å². The first kappa shape index (κ1) is 15.0. The summed E-state index contributed by atoms with van der Waals surface area (Å²) in [5.74, 6) is 0.0377. The lowest BCUT2D eigenvalue weighted by molar-refractivity contribution is 0.0785. The van der Waals surface area contributed by atoms with E-state index in [4.69, 9.17) is 0 Å². The SMILES string of the molecule is CN(Cc1cccc(-c2ccccc2)c1)C(=O)c1ccccc1. The van der Waals surface area contributed by atoms with Crippen LogP contribution in [0.5, 0.6) is 0 Å².